The Balaban J connectivity index is 1.42. The number of rotatable bonds is 7. The number of hydrogen-bond donors (Lipinski definition) is 2. The number of hydrogen-bond acceptors (Lipinski definition) is 6. The van der Waals surface area contributed by atoms with E-state index < -0.39 is 11.4 Å². The molecule has 0 saturated carbocycles. The maximum Gasteiger partial charge on any atom is 0.260 e. The van der Waals surface area contributed by atoms with Gasteiger partial charge in [0.25, 0.3) is 5.91 Å². The molecule has 4 heterocycles. The molecule has 0 atom stereocenters. The number of anilines is 2. The van der Waals surface area contributed by atoms with E-state index >= 15 is 0 Å². The molecule has 7 nitrogen and oxygen atoms in total. The second-order valence-electron chi connectivity index (χ2n) is 9.27. The number of nitrogens with zero attached hydrogens (tertiary/aromatic N) is 3. The van der Waals surface area contributed by atoms with Gasteiger partial charge in [-0.2, -0.15) is 0 Å². The van der Waals surface area contributed by atoms with Gasteiger partial charge < -0.3 is 20.1 Å². The van der Waals surface area contributed by atoms with Crippen LogP contribution >= 0.6 is 0 Å². The molecule has 184 valence electrons. The molecular weight excluding hydrogens is 459 g/mol. The minimum Gasteiger partial charge on any atom is -0.482 e. The van der Waals surface area contributed by atoms with Crippen LogP contribution in [0.25, 0.3) is 11.1 Å². The lowest BCUT2D eigenvalue weighted by molar-refractivity contribution is -0.111. The summed E-state index contributed by atoms with van der Waals surface area (Å²) >= 11 is 0. The van der Waals surface area contributed by atoms with Gasteiger partial charge in [-0.1, -0.05) is 0 Å². The molecule has 0 unspecified atom stereocenters. The van der Waals surface area contributed by atoms with E-state index in [0.29, 0.717) is 35.7 Å². The SMILES string of the molecule is CC1(C)OC(=C2C(=O)Nc3cc(F)ccc32)C=C1c1ccc(N(CCO)CCc2ccncc2)nc1. The summed E-state index contributed by atoms with van der Waals surface area (Å²) in [6.07, 6.45) is 8.00. The minimum absolute atomic E-state index is 0.0240. The number of carbonyl (C=O) groups excluding carboxylic acids is 1. The molecule has 2 aromatic heterocycles. The molecule has 2 aliphatic rings. The number of carbonyl (C=O) groups is 1. The third-order valence-corrected chi connectivity index (χ3v) is 6.43. The fraction of sp³-hybridized carbons (Fsp3) is 0.250. The van der Waals surface area contributed by atoms with Gasteiger partial charge in [-0.25, -0.2) is 9.37 Å². The summed E-state index contributed by atoms with van der Waals surface area (Å²) in [5, 5.41) is 12.3. The molecule has 0 radical (unpaired) electrons. The Labute approximate surface area is 209 Å². The zero-order chi connectivity index (χ0) is 25.3. The van der Waals surface area contributed by atoms with Gasteiger partial charge in [0.05, 0.1) is 17.9 Å². The second-order valence-corrected chi connectivity index (χ2v) is 9.27. The predicted molar refractivity (Wildman–Crippen MR) is 137 cm³/mol. The number of pyridine rings is 2. The lowest BCUT2D eigenvalue weighted by Crippen LogP contribution is -2.29. The van der Waals surface area contributed by atoms with Crippen molar-refractivity contribution in [3.05, 3.63) is 95.4 Å². The predicted octanol–water partition coefficient (Wildman–Crippen LogP) is 4.21. The van der Waals surface area contributed by atoms with Crippen LogP contribution in [0, 0.1) is 5.82 Å². The number of aliphatic hydroxyl groups excluding tert-OH is 1. The maximum atomic E-state index is 13.6. The van der Waals surface area contributed by atoms with Gasteiger partial charge in [0.2, 0.25) is 0 Å². The number of nitrogens with one attached hydrogen (secondary N) is 1. The number of fused-ring (bicyclic) bond motifs is 1. The summed E-state index contributed by atoms with van der Waals surface area (Å²) in [6, 6.07) is 12.1. The number of aliphatic hydroxyl groups is 1. The van der Waals surface area contributed by atoms with Crippen LogP contribution in [-0.2, 0) is 16.0 Å². The van der Waals surface area contributed by atoms with Crippen LogP contribution in [0.3, 0.4) is 0 Å². The fourth-order valence-corrected chi connectivity index (χ4v) is 4.62. The van der Waals surface area contributed by atoms with Gasteiger partial charge in [0, 0.05) is 48.4 Å². The second kappa shape index (κ2) is 9.54. The molecule has 5 rings (SSSR count). The van der Waals surface area contributed by atoms with E-state index in [1.165, 1.54) is 17.7 Å². The number of amides is 1. The van der Waals surface area contributed by atoms with Crippen molar-refractivity contribution in [2.24, 2.45) is 0 Å². The topological polar surface area (TPSA) is 87.6 Å². The van der Waals surface area contributed by atoms with E-state index in [2.05, 4.69) is 15.3 Å². The monoisotopic (exact) mass is 486 g/mol. The highest BCUT2D eigenvalue weighted by molar-refractivity contribution is 6.32. The zero-order valence-corrected chi connectivity index (χ0v) is 20.2. The zero-order valence-electron chi connectivity index (χ0n) is 20.2. The molecule has 8 heteroatoms. The summed E-state index contributed by atoms with van der Waals surface area (Å²) < 4.78 is 19.9. The maximum absolute atomic E-state index is 13.6. The van der Waals surface area contributed by atoms with E-state index in [-0.39, 0.29) is 12.5 Å². The molecule has 2 N–H and O–H groups in total. The van der Waals surface area contributed by atoms with Crippen LogP contribution in [-0.4, -0.2) is 46.3 Å². The Morgan fingerprint density at radius 3 is 2.64 bits per heavy atom. The van der Waals surface area contributed by atoms with Crippen LogP contribution < -0.4 is 10.2 Å². The Morgan fingerprint density at radius 2 is 1.92 bits per heavy atom. The van der Waals surface area contributed by atoms with Gasteiger partial charge >= 0.3 is 0 Å². The van der Waals surface area contributed by atoms with Crippen molar-refractivity contribution in [2.45, 2.75) is 25.9 Å². The number of allylic oxidation sites excluding steroid dienone is 1. The molecule has 2 aliphatic heterocycles. The van der Waals surface area contributed by atoms with Crippen molar-refractivity contribution in [1.82, 2.24) is 9.97 Å². The van der Waals surface area contributed by atoms with Crippen LogP contribution in [0.4, 0.5) is 15.9 Å². The smallest absolute Gasteiger partial charge is 0.260 e. The van der Waals surface area contributed by atoms with Crippen molar-refractivity contribution in [3.8, 4) is 0 Å². The van der Waals surface area contributed by atoms with E-state index in [4.69, 9.17) is 4.74 Å². The third kappa shape index (κ3) is 4.59. The first-order valence-corrected chi connectivity index (χ1v) is 11.8. The molecule has 0 bridgehead atoms. The molecule has 0 aliphatic carbocycles. The van der Waals surface area contributed by atoms with Gasteiger partial charge in [-0.3, -0.25) is 9.78 Å². The number of ether oxygens (including phenoxy) is 1. The van der Waals surface area contributed by atoms with Crippen LogP contribution in [0.5, 0.6) is 0 Å². The fourth-order valence-electron chi connectivity index (χ4n) is 4.62. The molecule has 36 heavy (non-hydrogen) atoms. The standard InChI is InChI=1S/C28H27FN4O3/c1-28(2)22(16-24(36-28)26-21-5-4-20(29)15-23(21)32-27(26)35)19-3-6-25(31-17-19)33(13-14-34)12-9-18-7-10-30-11-8-18/h3-8,10-11,15-17,34H,9,12-14H2,1-2H3,(H,32,35). The highest BCUT2D eigenvalue weighted by atomic mass is 19.1. The molecule has 0 saturated heterocycles. The van der Waals surface area contributed by atoms with Gasteiger partial charge in [-0.15, -0.1) is 0 Å². The first kappa shape index (κ1) is 23.7. The minimum atomic E-state index is -0.694. The van der Waals surface area contributed by atoms with E-state index in [1.54, 1.807) is 24.7 Å². The highest BCUT2D eigenvalue weighted by Gasteiger charge is 2.38. The van der Waals surface area contributed by atoms with Gasteiger partial charge in [0.15, 0.2) is 0 Å². The van der Waals surface area contributed by atoms with Gasteiger partial charge in [-0.05, 0) is 74.4 Å². The summed E-state index contributed by atoms with van der Waals surface area (Å²) in [4.78, 5) is 23.5. The van der Waals surface area contributed by atoms with E-state index in [9.17, 15) is 14.3 Å². The van der Waals surface area contributed by atoms with Crippen molar-refractivity contribution in [3.63, 3.8) is 0 Å². The molecule has 0 fully saturated rings. The van der Waals surface area contributed by atoms with E-state index in [0.717, 1.165) is 23.4 Å². The van der Waals surface area contributed by atoms with E-state index in [1.807, 2.05) is 49.1 Å². The Kier molecular flexibility index (Phi) is 6.28. The molecule has 1 aromatic carbocycles. The normalized spacial score (nSPS) is 17.9. The lowest BCUT2D eigenvalue weighted by atomic mass is 9.93. The highest BCUT2D eigenvalue weighted by Crippen LogP contribution is 2.44. The van der Waals surface area contributed by atoms with Crippen molar-refractivity contribution in [1.29, 1.82) is 0 Å². The van der Waals surface area contributed by atoms with Crippen molar-refractivity contribution < 1.29 is 19.0 Å². The first-order chi connectivity index (χ1) is 17.4. The summed E-state index contributed by atoms with van der Waals surface area (Å²) in [5.74, 6) is 0.484. The number of halogens is 1. The van der Waals surface area contributed by atoms with Crippen LogP contribution in [0.2, 0.25) is 0 Å². The average molecular weight is 487 g/mol. The molecule has 1 amide bonds. The molecule has 0 spiro atoms. The van der Waals surface area contributed by atoms with Gasteiger partial charge in [0.1, 0.15) is 23.0 Å². The lowest BCUT2D eigenvalue weighted by Gasteiger charge is -2.25. The largest absolute Gasteiger partial charge is 0.482 e. The van der Waals surface area contributed by atoms with Crippen molar-refractivity contribution >= 4 is 28.6 Å². The Bertz CT molecular complexity index is 1350. The van der Waals surface area contributed by atoms with Crippen molar-refractivity contribution in [2.75, 3.05) is 29.9 Å². The number of aromatic nitrogens is 2. The summed E-state index contributed by atoms with van der Waals surface area (Å²) in [5.41, 5.74) is 3.68. The Hall–Kier alpha value is -4.04. The first-order valence-electron chi connectivity index (χ1n) is 11.8. The van der Waals surface area contributed by atoms with Crippen LogP contribution in [0.15, 0.2) is 72.9 Å². The third-order valence-electron chi connectivity index (χ3n) is 6.43. The molecular formula is C28H27FN4O3. The average Bonchev–Trinajstić information content (AvgIpc) is 3.36. The summed E-state index contributed by atoms with van der Waals surface area (Å²) in [7, 11) is 0. The molecule has 3 aromatic rings. The quantitative estimate of drug-likeness (QED) is 0.487. The number of benzene rings is 1. The summed E-state index contributed by atoms with van der Waals surface area (Å²) in [6.45, 7) is 5.08. The Morgan fingerprint density at radius 1 is 1.11 bits per heavy atom. The van der Waals surface area contributed by atoms with Crippen LogP contribution in [0.1, 0.15) is 30.5 Å².